The van der Waals surface area contributed by atoms with Crippen molar-refractivity contribution in [2.45, 2.75) is 18.9 Å². The molecule has 1 N–H and O–H groups in total. The molecule has 0 radical (unpaired) electrons. The van der Waals surface area contributed by atoms with Gasteiger partial charge in [-0.1, -0.05) is 24.3 Å². The number of carbonyl (C=O) groups is 1. The van der Waals surface area contributed by atoms with Crippen molar-refractivity contribution in [2.24, 2.45) is 0 Å². The predicted octanol–water partition coefficient (Wildman–Crippen LogP) is 2.98. The number of imidazole rings is 1. The molecule has 0 aliphatic carbocycles. The molecule has 1 aromatic heterocycles. The van der Waals surface area contributed by atoms with Gasteiger partial charge in [-0.05, 0) is 37.1 Å². The second kappa shape index (κ2) is 6.94. The van der Waals surface area contributed by atoms with Crippen molar-refractivity contribution >= 4 is 16.9 Å². The van der Waals surface area contributed by atoms with Crippen LogP contribution in [0, 0.1) is 0 Å². The van der Waals surface area contributed by atoms with Crippen molar-refractivity contribution in [1.82, 2.24) is 9.66 Å². The van der Waals surface area contributed by atoms with Crippen molar-refractivity contribution in [3.63, 3.8) is 0 Å². The Morgan fingerprint density at radius 3 is 2.96 bits per heavy atom. The monoisotopic (exact) mass is 337 g/mol. The van der Waals surface area contributed by atoms with Gasteiger partial charge in [-0.2, -0.15) is 0 Å². The lowest BCUT2D eigenvalue weighted by Crippen LogP contribution is -2.23. The van der Waals surface area contributed by atoms with E-state index in [1.807, 2.05) is 36.4 Å². The van der Waals surface area contributed by atoms with Gasteiger partial charge in [0.1, 0.15) is 18.7 Å². The normalized spacial score (nSPS) is 16.9. The minimum Gasteiger partial charge on any atom is -0.490 e. The number of aromatic nitrogens is 2. The summed E-state index contributed by atoms with van der Waals surface area (Å²) in [6.07, 6.45) is 3.76. The van der Waals surface area contributed by atoms with Crippen LogP contribution in [0.3, 0.4) is 0 Å². The second-order valence-electron chi connectivity index (χ2n) is 5.99. The van der Waals surface area contributed by atoms with E-state index in [-0.39, 0.29) is 12.0 Å². The molecular weight excluding hydrogens is 318 g/mol. The van der Waals surface area contributed by atoms with Crippen molar-refractivity contribution in [2.75, 3.05) is 18.6 Å². The van der Waals surface area contributed by atoms with Crippen LogP contribution in [0.4, 0.5) is 0 Å². The molecule has 1 fully saturated rings. The van der Waals surface area contributed by atoms with Gasteiger partial charge in [0.25, 0.3) is 5.91 Å². The number of hydrogen-bond donors (Lipinski definition) is 1. The Bertz CT molecular complexity index is 884. The molecular formula is C19H19N3O3. The topological polar surface area (TPSA) is 65.4 Å². The SMILES string of the molecule is O=C(Nn1cnc2ccccc21)c1ccccc1OCC1CCCO1. The van der Waals surface area contributed by atoms with E-state index in [0.717, 1.165) is 30.5 Å². The second-order valence-corrected chi connectivity index (χ2v) is 5.99. The number of nitrogens with one attached hydrogen (secondary N) is 1. The maximum Gasteiger partial charge on any atom is 0.273 e. The summed E-state index contributed by atoms with van der Waals surface area (Å²) in [5.74, 6) is 0.311. The van der Waals surface area contributed by atoms with Crippen molar-refractivity contribution in [3.05, 3.63) is 60.4 Å². The number of benzene rings is 2. The molecule has 1 unspecified atom stereocenters. The molecule has 4 rings (SSSR count). The molecule has 1 saturated heterocycles. The number of para-hydroxylation sites is 3. The molecule has 1 amide bonds. The van der Waals surface area contributed by atoms with Crippen LogP contribution in [0.5, 0.6) is 5.75 Å². The Balaban J connectivity index is 1.51. The smallest absolute Gasteiger partial charge is 0.273 e. The highest BCUT2D eigenvalue weighted by Gasteiger charge is 2.18. The number of hydrogen-bond acceptors (Lipinski definition) is 4. The standard InChI is InChI=1S/C19H19N3O3/c23-19(21-22-13-20-16-8-2-3-9-17(16)22)15-7-1-4-10-18(15)25-12-14-6-5-11-24-14/h1-4,7-10,13-14H,5-6,11-12H2,(H,21,23). The maximum absolute atomic E-state index is 12.7. The molecule has 6 heteroatoms. The largest absolute Gasteiger partial charge is 0.490 e. The lowest BCUT2D eigenvalue weighted by atomic mass is 10.2. The van der Waals surface area contributed by atoms with E-state index in [1.165, 1.54) is 0 Å². The average molecular weight is 337 g/mol. The third-order valence-corrected chi connectivity index (χ3v) is 4.26. The number of fused-ring (bicyclic) bond motifs is 1. The molecule has 0 bridgehead atoms. The summed E-state index contributed by atoms with van der Waals surface area (Å²) in [7, 11) is 0. The number of rotatable bonds is 5. The lowest BCUT2D eigenvalue weighted by Gasteiger charge is -2.15. The Labute approximate surface area is 145 Å². The molecule has 6 nitrogen and oxygen atoms in total. The maximum atomic E-state index is 12.7. The van der Waals surface area contributed by atoms with Crippen LogP contribution in [-0.2, 0) is 4.74 Å². The van der Waals surface area contributed by atoms with E-state index < -0.39 is 0 Å². The highest BCUT2D eigenvalue weighted by molar-refractivity contribution is 6.02. The van der Waals surface area contributed by atoms with Crippen LogP contribution < -0.4 is 10.2 Å². The van der Waals surface area contributed by atoms with E-state index in [0.29, 0.717) is 17.9 Å². The summed E-state index contributed by atoms with van der Waals surface area (Å²) in [6.45, 7) is 1.24. The molecule has 0 spiro atoms. The fraction of sp³-hybridized carbons (Fsp3) is 0.263. The summed E-state index contributed by atoms with van der Waals surface area (Å²) < 4.78 is 13.0. The number of ether oxygens (including phenoxy) is 2. The first kappa shape index (κ1) is 15.7. The van der Waals surface area contributed by atoms with Gasteiger partial charge in [-0.25, -0.2) is 9.66 Å². The zero-order chi connectivity index (χ0) is 17.1. The molecule has 1 atom stereocenters. The average Bonchev–Trinajstić information content (AvgIpc) is 3.30. The molecule has 2 aromatic carbocycles. The molecule has 0 saturated carbocycles. The fourth-order valence-electron chi connectivity index (χ4n) is 2.96. The molecule has 1 aliphatic rings. The minimum atomic E-state index is -0.244. The fourth-order valence-corrected chi connectivity index (χ4v) is 2.96. The van der Waals surface area contributed by atoms with Crippen LogP contribution in [0.2, 0.25) is 0 Å². The minimum absolute atomic E-state index is 0.105. The molecule has 2 heterocycles. The highest BCUT2D eigenvalue weighted by Crippen LogP contribution is 2.21. The van der Waals surface area contributed by atoms with E-state index >= 15 is 0 Å². The highest BCUT2D eigenvalue weighted by atomic mass is 16.5. The zero-order valence-electron chi connectivity index (χ0n) is 13.7. The van der Waals surface area contributed by atoms with E-state index in [4.69, 9.17) is 9.47 Å². The molecule has 1 aliphatic heterocycles. The van der Waals surface area contributed by atoms with Gasteiger partial charge in [-0.15, -0.1) is 0 Å². The first-order valence-corrected chi connectivity index (χ1v) is 8.38. The van der Waals surface area contributed by atoms with Gasteiger partial charge < -0.3 is 9.47 Å². The molecule has 25 heavy (non-hydrogen) atoms. The summed E-state index contributed by atoms with van der Waals surface area (Å²) in [5.41, 5.74) is 5.00. The van der Waals surface area contributed by atoms with Gasteiger partial charge in [0, 0.05) is 6.61 Å². The zero-order valence-corrected chi connectivity index (χ0v) is 13.7. The van der Waals surface area contributed by atoms with E-state index in [2.05, 4.69) is 10.4 Å². The van der Waals surface area contributed by atoms with Gasteiger partial charge in [0.2, 0.25) is 0 Å². The van der Waals surface area contributed by atoms with Gasteiger partial charge in [-0.3, -0.25) is 10.2 Å². The van der Waals surface area contributed by atoms with E-state index in [9.17, 15) is 4.79 Å². The van der Waals surface area contributed by atoms with Gasteiger partial charge in [0.05, 0.1) is 22.7 Å². The summed E-state index contributed by atoms with van der Waals surface area (Å²) in [4.78, 5) is 17.0. The van der Waals surface area contributed by atoms with Crippen LogP contribution >= 0.6 is 0 Å². The number of nitrogens with zero attached hydrogens (tertiary/aromatic N) is 2. The summed E-state index contributed by atoms with van der Waals surface area (Å²) in [5, 5.41) is 0. The van der Waals surface area contributed by atoms with Crippen molar-refractivity contribution < 1.29 is 14.3 Å². The van der Waals surface area contributed by atoms with Crippen LogP contribution in [0.25, 0.3) is 11.0 Å². The quantitative estimate of drug-likeness (QED) is 0.777. The number of amides is 1. The van der Waals surface area contributed by atoms with Crippen molar-refractivity contribution in [3.8, 4) is 5.75 Å². The third-order valence-electron chi connectivity index (χ3n) is 4.26. The first-order valence-electron chi connectivity index (χ1n) is 8.38. The van der Waals surface area contributed by atoms with Crippen LogP contribution in [-0.4, -0.2) is 34.9 Å². The van der Waals surface area contributed by atoms with Gasteiger partial charge in [0.15, 0.2) is 0 Å². The summed E-state index contributed by atoms with van der Waals surface area (Å²) in [6, 6.07) is 14.9. The van der Waals surface area contributed by atoms with Crippen LogP contribution in [0.1, 0.15) is 23.2 Å². The van der Waals surface area contributed by atoms with Gasteiger partial charge >= 0.3 is 0 Å². The Morgan fingerprint density at radius 2 is 2.08 bits per heavy atom. The molecule has 128 valence electrons. The lowest BCUT2D eigenvalue weighted by molar-refractivity contribution is 0.0672. The third kappa shape index (κ3) is 3.34. The Morgan fingerprint density at radius 1 is 1.24 bits per heavy atom. The van der Waals surface area contributed by atoms with Crippen LogP contribution in [0.15, 0.2) is 54.9 Å². The van der Waals surface area contributed by atoms with Crippen molar-refractivity contribution in [1.29, 1.82) is 0 Å². The Hall–Kier alpha value is -2.86. The van der Waals surface area contributed by atoms with E-state index in [1.54, 1.807) is 23.1 Å². The Kier molecular flexibility index (Phi) is 4.35. The number of carbonyl (C=O) groups excluding carboxylic acids is 1. The molecule has 3 aromatic rings. The summed E-state index contributed by atoms with van der Waals surface area (Å²) >= 11 is 0. The predicted molar refractivity (Wildman–Crippen MR) is 94.3 cm³/mol. The first-order chi connectivity index (χ1) is 12.3.